The van der Waals surface area contributed by atoms with Gasteiger partial charge in [-0.1, -0.05) is 20.3 Å². The maximum Gasteiger partial charge on any atom is 0.151 e. The van der Waals surface area contributed by atoms with E-state index in [1.165, 1.54) is 12.8 Å². The first kappa shape index (κ1) is 13.9. The molecule has 1 unspecified atom stereocenters. The summed E-state index contributed by atoms with van der Waals surface area (Å²) in [6.07, 6.45) is 6.91. The molecule has 1 heterocycles. The van der Waals surface area contributed by atoms with Crippen LogP contribution in [0.15, 0.2) is 12.4 Å². The Balaban J connectivity index is 2.94. The van der Waals surface area contributed by atoms with Gasteiger partial charge in [0.1, 0.15) is 0 Å². The predicted molar refractivity (Wildman–Crippen MR) is 71.9 cm³/mol. The van der Waals surface area contributed by atoms with Gasteiger partial charge in [-0.2, -0.15) is 0 Å². The summed E-state index contributed by atoms with van der Waals surface area (Å²) >= 11 is 0. The zero-order valence-corrected chi connectivity index (χ0v) is 11.2. The summed E-state index contributed by atoms with van der Waals surface area (Å²) in [5.41, 5.74) is 6.62. The van der Waals surface area contributed by atoms with E-state index in [0.717, 1.165) is 24.5 Å². The number of hydrogen-bond donors (Lipinski definition) is 1. The Hall–Kier alpha value is -1.16. The van der Waals surface area contributed by atoms with Crippen molar-refractivity contribution in [2.45, 2.75) is 52.6 Å². The molecule has 0 amide bonds. The van der Waals surface area contributed by atoms with Gasteiger partial charge >= 0.3 is 0 Å². The molecule has 17 heavy (non-hydrogen) atoms. The molecule has 2 N–H and O–H groups in total. The van der Waals surface area contributed by atoms with Crippen molar-refractivity contribution in [1.29, 1.82) is 0 Å². The third kappa shape index (κ3) is 3.66. The molecule has 1 rings (SSSR count). The molecular weight excluding hydrogens is 212 g/mol. The fourth-order valence-electron chi connectivity index (χ4n) is 1.83. The van der Waals surface area contributed by atoms with E-state index in [2.05, 4.69) is 35.6 Å². The largest absolute Gasteiger partial charge is 0.352 e. The molecule has 0 aliphatic rings. The van der Waals surface area contributed by atoms with Gasteiger partial charge in [-0.25, -0.2) is 4.98 Å². The molecule has 0 aliphatic heterocycles. The van der Waals surface area contributed by atoms with Crippen LogP contribution in [0.3, 0.4) is 0 Å². The van der Waals surface area contributed by atoms with E-state index in [1.807, 2.05) is 0 Å². The highest BCUT2D eigenvalue weighted by Gasteiger charge is 2.17. The minimum atomic E-state index is 0.447. The number of aromatic nitrogens is 2. The maximum atomic E-state index is 5.73. The molecule has 0 radical (unpaired) electrons. The molecule has 96 valence electrons. The average molecular weight is 236 g/mol. The summed E-state index contributed by atoms with van der Waals surface area (Å²) in [6, 6.07) is 0.476. The smallest absolute Gasteiger partial charge is 0.151 e. The van der Waals surface area contributed by atoms with E-state index in [0.29, 0.717) is 12.6 Å². The quantitative estimate of drug-likeness (QED) is 0.789. The highest BCUT2D eigenvalue weighted by molar-refractivity contribution is 5.43. The van der Waals surface area contributed by atoms with Gasteiger partial charge in [0.25, 0.3) is 0 Å². The molecule has 0 spiro atoms. The van der Waals surface area contributed by atoms with Crippen molar-refractivity contribution in [3.8, 4) is 0 Å². The molecular formula is C13H24N4. The van der Waals surface area contributed by atoms with Gasteiger partial charge in [0.2, 0.25) is 0 Å². The second-order valence-electron chi connectivity index (χ2n) is 4.33. The topological polar surface area (TPSA) is 55.0 Å². The molecule has 1 aromatic rings. The first-order chi connectivity index (χ1) is 8.24. The SMILES string of the molecule is CCCCN(c1nccnc1CN)C(C)CC. The number of anilines is 1. The third-order valence-corrected chi connectivity index (χ3v) is 3.09. The van der Waals surface area contributed by atoms with Crippen LogP contribution < -0.4 is 10.6 Å². The van der Waals surface area contributed by atoms with Crippen LogP contribution in [0.4, 0.5) is 5.82 Å². The zero-order valence-electron chi connectivity index (χ0n) is 11.2. The van der Waals surface area contributed by atoms with Crippen molar-refractivity contribution in [3.63, 3.8) is 0 Å². The van der Waals surface area contributed by atoms with Crippen LogP contribution in [0.1, 0.15) is 45.7 Å². The van der Waals surface area contributed by atoms with Crippen molar-refractivity contribution < 1.29 is 0 Å². The van der Waals surface area contributed by atoms with Gasteiger partial charge in [0, 0.05) is 31.5 Å². The van der Waals surface area contributed by atoms with Crippen LogP contribution in [-0.2, 0) is 6.54 Å². The minimum absolute atomic E-state index is 0.447. The van der Waals surface area contributed by atoms with Gasteiger partial charge in [-0.3, -0.25) is 4.98 Å². The monoisotopic (exact) mass is 236 g/mol. The van der Waals surface area contributed by atoms with Crippen molar-refractivity contribution in [2.75, 3.05) is 11.4 Å². The van der Waals surface area contributed by atoms with Crippen LogP contribution in [0.5, 0.6) is 0 Å². The number of rotatable bonds is 7. The summed E-state index contributed by atoms with van der Waals surface area (Å²) in [5, 5.41) is 0. The Morgan fingerprint density at radius 3 is 2.59 bits per heavy atom. The van der Waals surface area contributed by atoms with Gasteiger partial charge < -0.3 is 10.6 Å². The van der Waals surface area contributed by atoms with Gasteiger partial charge in [0.15, 0.2) is 5.82 Å². The standard InChI is InChI=1S/C13H24N4/c1-4-6-9-17(11(3)5-2)13-12(10-14)15-7-8-16-13/h7-8,11H,4-6,9-10,14H2,1-3H3. The first-order valence-electron chi connectivity index (χ1n) is 6.51. The van der Waals surface area contributed by atoms with Crippen LogP contribution in [0, 0.1) is 0 Å². The van der Waals surface area contributed by atoms with Gasteiger partial charge in [0.05, 0.1) is 5.69 Å². The number of nitrogens with zero attached hydrogens (tertiary/aromatic N) is 3. The number of nitrogens with two attached hydrogens (primary N) is 1. The molecule has 0 bridgehead atoms. The Labute approximate surface area is 104 Å². The zero-order chi connectivity index (χ0) is 12.7. The lowest BCUT2D eigenvalue weighted by Crippen LogP contribution is -2.35. The van der Waals surface area contributed by atoms with E-state index < -0.39 is 0 Å². The first-order valence-corrected chi connectivity index (χ1v) is 6.51. The molecule has 0 fully saturated rings. The van der Waals surface area contributed by atoms with E-state index in [1.54, 1.807) is 12.4 Å². The van der Waals surface area contributed by atoms with Gasteiger partial charge in [-0.15, -0.1) is 0 Å². The second kappa shape index (κ2) is 7.22. The molecule has 0 aromatic carbocycles. The maximum absolute atomic E-state index is 5.73. The van der Waals surface area contributed by atoms with Crippen LogP contribution >= 0.6 is 0 Å². The molecule has 0 saturated heterocycles. The summed E-state index contributed by atoms with van der Waals surface area (Å²) in [6.45, 7) is 8.10. The number of hydrogen-bond acceptors (Lipinski definition) is 4. The molecule has 0 aliphatic carbocycles. The lowest BCUT2D eigenvalue weighted by atomic mass is 10.2. The fraction of sp³-hybridized carbons (Fsp3) is 0.692. The lowest BCUT2D eigenvalue weighted by molar-refractivity contribution is 0.585. The Morgan fingerprint density at radius 2 is 2.00 bits per heavy atom. The molecule has 4 heteroatoms. The minimum Gasteiger partial charge on any atom is -0.352 e. The van der Waals surface area contributed by atoms with E-state index in [9.17, 15) is 0 Å². The third-order valence-electron chi connectivity index (χ3n) is 3.09. The Morgan fingerprint density at radius 1 is 1.29 bits per heavy atom. The number of unbranched alkanes of at least 4 members (excludes halogenated alkanes) is 1. The van der Waals surface area contributed by atoms with E-state index in [4.69, 9.17) is 5.73 Å². The van der Waals surface area contributed by atoms with E-state index in [-0.39, 0.29) is 0 Å². The van der Waals surface area contributed by atoms with E-state index >= 15 is 0 Å². The summed E-state index contributed by atoms with van der Waals surface area (Å²) in [5.74, 6) is 0.956. The van der Waals surface area contributed by atoms with Crippen molar-refractivity contribution >= 4 is 5.82 Å². The highest BCUT2D eigenvalue weighted by atomic mass is 15.2. The molecule has 0 saturated carbocycles. The Kier molecular flexibility index (Phi) is 5.91. The fourth-order valence-corrected chi connectivity index (χ4v) is 1.83. The summed E-state index contributed by atoms with van der Waals surface area (Å²) < 4.78 is 0. The van der Waals surface area contributed by atoms with Crippen molar-refractivity contribution in [1.82, 2.24) is 9.97 Å². The van der Waals surface area contributed by atoms with Crippen LogP contribution in [0.2, 0.25) is 0 Å². The predicted octanol–water partition coefficient (Wildman–Crippen LogP) is 2.34. The van der Waals surface area contributed by atoms with Gasteiger partial charge in [-0.05, 0) is 19.8 Å². The van der Waals surface area contributed by atoms with Crippen LogP contribution in [-0.4, -0.2) is 22.6 Å². The average Bonchev–Trinajstić information content (AvgIpc) is 2.39. The second-order valence-corrected chi connectivity index (χ2v) is 4.33. The summed E-state index contributed by atoms with van der Waals surface area (Å²) in [7, 11) is 0. The molecule has 1 aromatic heterocycles. The Bertz CT molecular complexity index is 327. The molecule has 1 atom stereocenters. The van der Waals surface area contributed by atoms with Crippen LogP contribution in [0.25, 0.3) is 0 Å². The molecule has 4 nitrogen and oxygen atoms in total. The normalized spacial score (nSPS) is 12.5. The van der Waals surface area contributed by atoms with Crippen molar-refractivity contribution in [2.24, 2.45) is 5.73 Å². The van der Waals surface area contributed by atoms with Crippen molar-refractivity contribution in [3.05, 3.63) is 18.1 Å². The summed E-state index contributed by atoms with van der Waals surface area (Å²) in [4.78, 5) is 11.1. The lowest BCUT2D eigenvalue weighted by Gasteiger charge is -2.30. The highest BCUT2D eigenvalue weighted by Crippen LogP contribution is 2.19.